The van der Waals surface area contributed by atoms with Gasteiger partial charge in [-0.25, -0.2) is 9.59 Å². The first-order valence-corrected chi connectivity index (χ1v) is 11.9. The first-order valence-electron chi connectivity index (χ1n) is 10.8. The van der Waals surface area contributed by atoms with E-state index < -0.39 is 35.0 Å². The number of allylic oxidation sites excluding steroid dienone is 1. The van der Waals surface area contributed by atoms with Crippen molar-refractivity contribution in [2.75, 3.05) is 12.3 Å². The fraction of sp³-hybridized carbons (Fsp3) is 0.435. The Bertz CT molecular complexity index is 1090. The molecule has 1 aromatic heterocycles. The van der Waals surface area contributed by atoms with Crippen LogP contribution in [0.25, 0.3) is 0 Å². The molecule has 0 bridgehead atoms. The van der Waals surface area contributed by atoms with Crippen LogP contribution in [-0.4, -0.2) is 73.1 Å². The zero-order valence-electron chi connectivity index (χ0n) is 19.1. The van der Waals surface area contributed by atoms with Gasteiger partial charge >= 0.3 is 12.1 Å². The van der Waals surface area contributed by atoms with E-state index in [0.29, 0.717) is 36.4 Å². The molecule has 2 saturated heterocycles. The Balaban J connectivity index is 1.50. The molecule has 3 aliphatic heterocycles. The van der Waals surface area contributed by atoms with Crippen molar-refractivity contribution in [3.8, 4) is 0 Å². The van der Waals surface area contributed by atoms with E-state index in [9.17, 15) is 24.3 Å². The highest BCUT2D eigenvalue weighted by atomic mass is 32.2. The first kappa shape index (κ1) is 23.8. The van der Waals surface area contributed by atoms with Crippen molar-refractivity contribution in [3.63, 3.8) is 0 Å². The fourth-order valence-corrected chi connectivity index (χ4v) is 5.37. The maximum atomic E-state index is 12.9. The summed E-state index contributed by atoms with van der Waals surface area (Å²) < 4.78 is 5.21. The van der Waals surface area contributed by atoms with Gasteiger partial charge in [0.25, 0.3) is 5.91 Å². The van der Waals surface area contributed by atoms with Crippen LogP contribution in [0.3, 0.4) is 0 Å². The Morgan fingerprint density at radius 1 is 1.35 bits per heavy atom. The van der Waals surface area contributed by atoms with Crippen LogP contribution >= 0.6 is 11.8 Å². The third-order valence-corrected chi connectivity index (χ3v) is 6.83. The summed E-state index contributed by atoms with van der Waals surface area (Å²) in [6, 6.07) is 2.83. The van der Waals surface area contributed by atoms with Crippen LogP contribution in [0.5, 0.6) is 0 Å². The van der Waals surface area contributed by atoms with Crippen LogP contribution in [0.15, 0.2) is 47.4 Å². The number of pyridine rings is 1. The number of carbonyl (C=O) groups excluding carboxylic acids is 3. The number of carbonyl (C=O) groups is 4. The van der Waals surface area contributed by atoms with E-state index in [1.165, 1.54) is 16.7 Å². The molecule has 2 atom stereocenters. The largest absolute Gasteiger partial charge is 0.477 e. The van der Waals surface area contributed by atoms with Crippen LogP contribution < -0.4 is 5.32 Å². The number of alkyl carbamates (subject to hydrolysis) is 1. The molecular weight excluding hydrogens is 460 g/mol. The molecule has 0 unspecified atom stereocenters. The van der Waals surface area contributed by atoms with Crippen molar-refractivity contribution in [2.45, 2.75) is 50.8 Å². The summed E-state index contributed by atoms with van der Waals surface area (Å²) in [6.45, 7) is 6.09. The van der Waals surface area contributed by atoms with Gasteiger partial charge in [-0.1, -0.05) is 6.07 Å². The van der Waals surface area contributed by atoms with Crippen molar-refractivity contribution in [1.82, 2.24) is 20.1 Å². The van der Waals surface area contributed by atoms with E-state index in [2.05, 4.69) is 10.3 Å². The topological polar surface area (TPSA) is 129 Å². The highest BCUT2D eigenvalue weighted by molar-refractivity contribution is 8.00. The van der Waals surface area contributed by atoms with Crippen LogP contribution in [0.2, 0.25) is 0 Å². The third kappa shape index (κ3) is 4.79. The maximum Gasteiger partial charge on any atom is 0.408 e. The molecular formula is C23H26N4O6S. The molecule has 3 amide bonds. The Morgan fingerprint density at radius 2 is 2.12 bits per heavy atom. The van der Waals surface area contributed by atoms with Gasteiger partial charge in [-0.2, -0.15) is 0 Å². The highest BCUT2D eigenvalue weighted by Gasteiger charge is 2.54. The lowest BCUT2D eigenvalue weighted by Gasteiger charge is -2.49. The minimum atomic E-state index is -1.25. The number of hydrogen-bond donors (Lipinski definition) is 2. The lowest BCUT2D eigenvalue weighted by atomic mass is 10.0. The number of likely N-dealkylation sites (tertiary alicyclic amines) is 1. The molecule has 180 valence electrons. The molecule has 0 radical (unpaired) electrons. The van der Waals surface area contributed by atoms with E-state index >= 15 is 0 Å². The second-order valence-corrected chi connectivity index (χ2v) is 10.3. The quantitative estimate of drug-likeness (QED) is 0.477. The Morgan fingerprint density at radius 3 is 2.76 bits per heavy atom. The number of nitrogens with zero attached hydrogens (tertiary/aromatic N) is 3. The number of amides is 3. The number of fused-ring (bicyclic) bond motifs is 1. The minimum Gasteiger partial charge on any atom is -0.477 e. The summed E-state index contributed by atoms with van der Waals surface area (Å²) >= 11 is 1.34. The molecule has 11 heteroatoms. The number of nitrogens with one attached hydrogen (secondary N) is 1. The van der Waals surface area contributed by atoms with E-state index in [-0.39, 0.29) is 11.6 Å². The predicted octanol–water partition coefficient (Wildman–Crippen LogP) is 1.89. The van der Waals surface area contributed by atoms with Gasteiger partial charge in [0.15, 0.2) is 0 Å². The van der Waals surface area contributed by atoms with Gasteiger partial charge in [0, 0.05) is 36.8 Å². The third-order valence-electron chi connectivity index (χ3n) is 5.53. The van der Waals surface area contributed by atoms with Gasteiger partial charge in [-0.15, -0.1) is 11.8 Å². The molecule has 0 aromatic carbocycles. The highest BCUT2D eigenvalue weighted by Crippen LogP contribution is 2.41. The standard InChI is InChI=1S/C23H26N4O6S/c1-23(2,3)33-22(32)25-16-19(29)27-17(21(30)31)15(12-34-20(16)27)9-14-6-8-26(18(14)28)11-13-5-4-7-24-10-13/h4-5,7,9-10,16,20H,6,8,11-12H2,1-3H3,(H,25,32)(H,30,31)/b14-9+/t16-,20-/m1/s1. The Labute approximate surface area is 201 Å². The summed E-state index contributed by atoms with van der Waals surface area (Å²) in [7, 11) is 0. The Kier molecular flexibility index (Phi) is 6.39. The lowest BCUT2D eigenvalue weighted by Crippen LogP contribution is -2.70. The molecule has 2 N–H and O–H groups in total. The first-order chi connectivity index (χ1) is 16.0. The summed E-state index contributed by atoms with van der Waals surface area (Å²) in [5.41, 5.74) is 0.952. The van der Waals surface area contributed by atoms with Gasteiger partial charge in [0.2, 0.25) is 5.91 Å². The molecule has 10 nitrogen and oxygen atoms in total. The second-order valence-electron chi connectivity index (χ2n) is 9.22. The summed E-state index contributed by atoms with van der Waals surface area (Å²) in [5.74, 6) is -1.64. The number of hydrogen-bond acceptors (Lipinski definition) is 7. The number of carboxylic acids is 1. The van der Waals surface area contributed by atoms with Crippen molar-refractivity contribution < 1.29 is 29.0 Å². The summed E-state index contributed by atoms with van der Waals surface area (Å²) in [6.07, 6.45) is 4.72. The van der Waals surface area contributed by atoms with E-state index in [1.807, 2.05) is 6.07 Å². The second kappa shape index (κ2) is 9.13. The van der Waals surface area contributed by atoms with Crippen molar-refractivity contribution in [3.05, 3.63) is 53.0 Å². The molecule has 0 aliphatic carbocycles. The maximum absolute atomic E-state index is 12.9. The lowest BCUT2D eigenvalue weighted by molar-refractivity contribution is -0.149. The van der Waals surface area contributed by atoms with Crippen molar-refractivity contribution >= 4 is 35.6 Å². The van der Waals surface area contributed by atoms with Crippen molar-refractivity contribution in [2.24, 2.45) is 0 Å². The Hall–Kier alpha value is -3.34. The minimum absolute atomic E-state index is 0.151. The average molecular weight is 487 g/mol. The molecule has 1 aromatic rings. The molecule has 0 spiro atoms. The molecule has 3 aliphatic rings. The van der Waals surface area contributed by atoms with Gasteiger partial charge in [-0.05, 0) is 50.5 Å². The smallest absolute Gasteiger partial charge is 0.408 e. The van der Waals surface area contributed by atoms with E-state index in [0.717, 1.165) is 5.56 Å². The number of ether oxygens (including phenoxy) is 1. The molecule has 34 heavy (non-hydrogen) atoms. The normalized spacial score (nSPS) is 23.7. The monoisotopic (exact) mass is 486 g/mol. The number of aliphatic carboxylic acids is 1. The zero-order valence-corrected chi connectivity index (χ0v) is 19.9. The van der Waals surface area contributed by atoms with E-state index in [1.54, 1.807) is 50.2 Å². The van der Waals surface area contributed by atoms with Crippen LogP contribution in [0.4, 0.5) is 4.79 Å². The van der Waals surface area contributed by atoms with Crippen LogP contribution in [-0.2, 0) is 25.7 Å². The average Bonchev–Trinajstić information content (AvgIpc) is 3.10. The number of aromatic nitrogens is 1. The van der Waals surface area contributed by atoms with Gasteiger partial charge in [0.1, 0.15) is 22.7 Å². The summed E-state index contributed by atoms with van der Waals surface area (Å²) in [4.78, 5) is 56.7. The molecule has 4 heterocycles. The van der Waals surface area contributed by atoms with Gasteiger partial charge in [0.05, 0.1) is 0 Å². The number of carboxylic acid groups (broad SMARTS) is 1. The zero-order chi connectivity index (χ0) is 24.6. The number of thioether (sulfide) groups is 1. The van der Waals surface area contributed by atoms with Crippen molar-refractivity contribution in [1.29, 1.82) is 0 Å². The molecule has 0 saturated carbocycles. The molecule has 2 fully saturated rings. The van der Waals surface area contributed by atoms with Gasteiger partial charge < -0.3 is 20.1 Å². The van der Waals surface area contributed by atoms with Gasteiger partial charge in [-0.3, -0.25) is 19.5 Å². The van der Waals surface area contributed by atoms with Crippen LogP contribution in [0.1, 0.15) is 32.8 Å². The number of β-lactam (4-membered cyclic amide) rings is 1. The fourth-order valence-electron chi connectivity index (χ4n) is 4.06. The SMILES string of the molecule is CC(C)(C)OC(=O)N[C@@H]1C(=O)N2C(C(=O)O)=C(/C=C3\CCN(Cc4cccnc4)C3=O)CS[C@H]12. The van der Waals surface area contributed by atoms with E-state index in [4.69, 9.17) is 4.74 Å². The predicted molar refractivity (Wildman–Crippen MR) is 123 cm³/mol. The van der Waals surface area contributed by atoms with Crippen LogP contribution in [0, 0.1) is 0 Å². The number of rotatable bonds is 5. The summed E-state index contributed by atoms with van der Waals surface area (Å²) in [5, 5.41) is 11.8. The molecule has 4 rings (SSSR count).